The second kappa shape index (κ2) is 5.06. The Labute approximate surface area is 94.4 Å². The van der Waals surface area contributed by atoms with Gasteiger partial charge in [-0.2, -0.15) is 0 Å². The maximum Gasteiger partial charge on any atom is 0.335 e. The van der Waals surface area contributed by atoms with E-state index < -0.39 is 24.1 Å². The molecule has 0 saturated heterocycles. The third kappa shape index (κ3) is 3.02. The van der Waals surface area contributed by atoms with Crippen LogP contribution in [0.2, 0.25) is 0 Å². The number of hydrogen-bond donors (Lipinski definition) is 4. The highest BCUT2D eigenvalue weighted by Gasteiger charge is 2.26. The normalized spacial score (nSPS) is 14.4. The van der Waals surface area contributed by atoms with Crippen LogP contribution in [0.25, 0.3) is 0 Å². The van der Waals surface area contributed by atoms with Gasteiger partial charge in [0.05, 0.1) is 6.42 Å². The Bertz CT molecular complexity index is 398. The summed E-state index contributed by atoms with van der Waals surface area (Å²) in [6.07, 6.45) is -3.65. The average molecular weight is 246 g/mol. The predicted octanol–water partition coefficient (Wildman–Crippen LogP) is -0.146. The third-order valence-corrected chi connectivity index (χ3v) is 2.85. The summed E-state index contributed by atoms with van der Waals surface area (Å²) in [7, 11) is 0. The molecular weight excluding hydrogens is 236 g/mol. The zero-order valence-electron chi connectivity index (χ0n) is 8.03. The molecule has 0 aromatic carbocycles. The molecule has 0 radical (unpaired) electrons. The summed E-state index contributed by atoms with van der Waals surface area (Å²) in [5, 5.41) is 36.9. The minimum Gasteiger partial charge on any atom is -0.481 e. The minimum absolute atomic E-state index is 0.194. The van der Waals surface area contributed by atoms with Gasteiger partial charge in [-0.3, -0.25) is 4.79 Å². The molecule has 4 N–H and O–H groups in total. The summed E-state index contributed by atoms with van der Waals surface area (Å²) in [5.74, 6) is -2.54. The molecule has 0 aliphatic carbocycles. The van der Waals surface area contributed by atoms with Crippen LogP contribution >= 0.6 is 11.3 Å². The van der Waals surface area contributed by atoms with Gasteiger partial charge in [0.1, 0.15) is 6.10 Å². The molecule has 2 unspecified atom stereocenters. The molecule has 1 rings (SSSR count). The Morgan fingerprint density at radius 2 is 1.94 bits per heavy atom. The van der Waals surface area contributed by atoms with Crippen LogP contribution in [-0.4, -0.2) is 38.5 Å². The van der Waals surface area contributed by atoms with Crippen LogP contribution in [0.15, 0.2) is 11.4 Å². The molecule has 2 atom stereocenters. The molecule has 6 nitrogen and oxygen atoms in total. The van der Waals surface area contributed by atoms with Gasteiger partial charge in [0.2, 0.25) is 0 Å². The number of aliphatic hydroxyl groups is 2. The fourth-order valence-electron chi connectivity index (χ4n) is 1.11. The van der Waals surface area contributed by atoms with Gasteiger partial charge in [0, 0.05) is 4.88 Å². The van der Waals surface area contributed by atoms with Crippen LogP contribution in [0.1, 0.15) is 16.5 Å². The first-order valence-electron chi connectivity index (χ1n) is 4.30. The second-order valence-corrected chi connectivity index (χ2v) is 4.14. The van der Waals surface area contributed by atoms with Crippen LogP contribution in [-0.2, 0) is 16.0 Å². The average Bonchev–Trinajstić information content (AvgIpc) is 2.62. The maximum atomic E-state index is 10.4. The van der Waals surface area contributed by atoms with Crippen LogP contribution in [0, 0.1) is 0 Å². The Kier molecular flexibility index (Phi) is 3.99. The van der Waals surface area contributed by atoms with Crippen molar-refractivity contribution >= 4 is 23.3 Å². The van der Waals surface area contributed by atoms with Crippen LogP contribution in [0.4, 0.5) is 0 Å². The van der Waals surface area contributed by atoms with Crippen molar-refractivity contribution < 1.29 is 30.0 Å². The Balaban J connectivity index is 2.77. The van der Waals surface area contributed by atoms with E-state index in [-0.39, 0.29) is 12.0 Å². The van der Waals surface area contributed by atoms with E-state index in [2.05, 4.69) is 0 Å². The number of aliphatic hydroxyl groups excluding tert-OH is 2. The number of carboxylic acid groups (broad SMARTS) is 2. The van der Waals surface area contributed by atoms with Gasteiger partial charge in [-0.15, -0.1) is 11.3 Å². The van der Waals surface area contributed by atoms with Crippen molar-refractivity contribution in [3.8, 4) is 0 Å². The van der Waals surface area contributed by atoms with Crippen molar-refractivity contribution in [2.45, 2.75) is 18.6 Å². The van der Waals surface area contributed by atoms with Gasteiger partial charge in [-0.05, 0) is 17.0 Å². The minimum atomic E-state index is -1.91. The maximum absolute atomic E-state index is 10.4. The molecule has 0 spiro atoms. The molecule has 0 aliphatic heterocycles. The van der Waals surface area contributed by atoms with Crippen molar-refractivity contribution in [3.63, 3.8) is 0 Å². The number of carbonyl (C=O) groups is 2. The standard InChI is InChI=1S/C9H10O6S/c10-6(11)2-5-1-4(3-16-5)7(12)8(13)9(14)15/h1,3,7-8,12-13H,2H2,(H,10,11)(H,14,15). The summed E-state index contributed by atoms with van der Waals surface area (Å²) in [6.45, 7) is 0. The monoisotopic (exact) mass is 246 g/mol. The van der Waals surface area contributed by atoms with Crippen LogP contribution in [0.5, 0.6) is 0 Å². The van der Waals surface area contributed by atoms with Gasteiger partial charge in [0.25, 0.3) is 0 Å². The van der Waals surface area contributed by atoms with Crippen LogP contribution < -0.4 is 0 Å². The number of hydrogen-bond acceptors (Lipinski definition) is 5. The molecule has 7 heteroatoms. The molecule has 1 heterocycles. The van der Waals surface area contributed by atoms with Crippen molar-refractivity contribution in [1.29, 1.82) is 0 Å². The van der Waals surface area contributed by atoms with Crippen molar-refractivity contribution in [2.24, 2.45) is 0 Å². The highest BCUT2D eigenvalue weighted by molar-refractivity contribution is 7.10. The highest BCUT2D eigenvalue weighted by atomic mass is 32.1. The van der Waals surface area contributed by atoms with Crippen molar-refractivity contribution in [3.05, 3.63) is 21.9 Å². The summed E-state index contributed by atoms with van der Waals surface area (Å²) in [4.78, 5) is 21.3. The Morgan fingerprint density at radius 1 is 1.31 bits per heavy atom. The van der Waals surface area contributed by atoms with Gasteiger partial charge < -0.3 is 20.4 Å². The van der Waals surface area contributed by atoms with E-state index in [9.17, 15) is 14.7 Å². The topological polar surface area (TPSA) is 115 Å². The summed E-state index contributed by atoms with van der Waals surface area (Å²) in [6, 6.07) is 1.37. The number of rotatable bonds is 5. The molecule has 0 aliphatic rings. The van der Waals surface area contributed by atoms with Gasteiger partial charge in [0.15, 0.2) is 6.10 Å². The molecular formula is C9H10O6S. The summed E-state index contributed by atoms with van der Waals surface area (Å²) < 4.78 is 0. The fourth-order valence-corrected chi connectivity index (χ4v) is 2.02. The van der Waals surface area contributed by atoms with E-state index in [1.165, 1.54) is 11.4 Å². The second-order valence-electron chi connectivity index (χ2n) is 3.14. The zero-order valence-corrected chi connectivity index (χ0v) is 8.85. The van der Waals surface area contributed by atoms with E-state index in [4.69, 9.17) is 15.3 Å². The van der Waals surface area contributed by atoms with Gasteiger partial charge >= 0.3 is 11.9 Å². The van der Waals surface area contributed by atoms with E-state index in [1.54, 1.807) is 0 Å². The lowest BCUT2D eigenvalue weighted by atomic mass is 10.1. The van der Waals surface area contributed by atoms with Crippen LogP contribution in [0.3, 0.4) is 0 Å². The Morgan fingerprint density at radius 3 is 2.44 bits per heavy atom. The molecule has 16 heavy (non-hydrogen) atoms. The van der Waals surface area contributed by atoms with Gasteiger partial charge in [-0.25, -0.2) is 4.79 Å². The third-order valence-electron chi connectivity index (χ3n) is 1.89. The molecule has 1 aromatic heterocycles. The zero-order chi connectivity index (χ0) is 12.3. The SMILES string of the molecule is O=C(O)Cc1cc(C(O)C(O)C(=O)O)cs1. The lowest BCUT2D eigenvalue weighted by Gasteiger charge is -2.11. The highest BCUT2D eigenvalue weighted by Crippen LogP contribution is 2.24. The number of thiophene rings is 1. The first kappa shape index (κ1) is 12.6. The fraction of sp³-hybridized carbons (Fsp3) is 0.333. The Hall–Kier alpha value is -1.44. The summed E-state index contributed by atoms with van der Waals surface area (Å²) >= 11 is 1.09. The lowest BCUT2D eigenvalue weighted by molar-refractivity contribution is -0.153. The van der Waals surface area contributed by atoms with Crippen molar-refractivity contribution in [1.82, 2.24) is 0 Å². The van der Waals surface area contributed by atoms with Gasteiger partial charge in [-0.1, -0.05) is 0 Å². The van der Waals surface area contributed by atoms with E-state index in [0.29, 0.717) is 4.88 Å². The van der Waals surface area contributed by atoms with Crippen molar-refractivity contribution in [2.75, 3.05) is 0 Å². The number of carboxylic acids is 2. The lowest BCUT2D eigenvalue weighted by Crippen LogP contribution is -2.27. The largest absolute Gasteiger partial charge is 0.481 e. The first-order chi connectivity index (χ1) is 7.41. The molecule has 0 fully saturated rings. The summed E-state index contributed by atoms with van der Waals surface area (Å²) in [5.41, 5.74) is 0.205. The smallest absolute Gasteiger partial charge is 0.335 e. The molecule has 0 bridgehead atoms. The predicted molar refractivity (Wildman–Crippen MR) is 54.3 cm³/mol. The first-order valence-corrected chi connectivity index (χ1v) is 5.18. The van der Waals surface area contributed by atoms with E-state index >= 15 is 0 Å². The van der Waals surface area contributed by atoms with E-state index in [1.807, 2.05) is 0 Å². The molecule has 0 amide bonds. The molecule has 88 valence electrons. The number of aliphatic carboxylic acids is 2. The molecule has 0 saturated carbocycles. The quantitative estimate of drug-likeness (QED) is 0.574. The van der Waals surface area contributed by atoms with E-state index in [0.717, 1.165) is 11.3 Å². The molecule has 1 aromatic rings.